The van der Waals surface area contributed by atoms with Crippen LogP contribution in [0.2, 0.25) is 0 Å². The standard InChI is InChI=1S/C21H25N3O.ClH/c1-3-24(4-2)15-16-25-18-12-9-17(10-13-18)11-14-21-19-7-5-6-8-20(19)22-23-21;/h5-14H,3-4,15-16H2,1-2H3,(H,22,23);1H. The third-order valence-electron chi connectivity index (χ3n) is 4.38. The molecule has 0 radical (unpaired) electrons. The molecule has 0 fully saturated rings. The van der Waals surface area contributed by atoms with E-state index in [1.807, 2.05) is 36.4 Å². The Balaban J connectivity index is 0.00000243. The molecule has 0 aliphatic carbocycles. The Morgan fingerprint density at radius 3 is 2.46 bits per heavy atom. The van der Waals surface area contributed by atoms with Crippen LogP contribution in [0.15, 0.2) is 48.5 Å². The first-order valence-corrected chi connectivity index (χ1v) is 8.86. The first kappa shape index (κ1) is 20.0. The Hall–Kier alpha value is -2.30. The molecule has 0 aliphatic rings. The van der Waals surface area contributed by atoms with Crippen LogP contribution in [0.3, 0.4) is 0 Å². The molecule has 1 aromatic heterocycles. The lowest BCUT2D eigenvalue weighted by Crippen LogP contribution is -2.27. The van der Waals surface area contributed by atoms with Gasteiger partial charge in [-0.25, -0.2) is 0 Å². The van der Waals surface area contributed by atoms with E-state index in [0.717, 1.165) is 54.2 Å². The van der Waals surface area contributed by atoms with Crippen molar-refractivity contribution in [2.75, 3.05) is 26.2 Å². The summed E-state index contributed by atoms with van der Waals surface area (Å²) in [6.07, 6.45) is 4.11. The zero-order valence-electron chi connectivity index (χ0n) is 15.3. The van der Waals surface area contributed by atoms with E-state index in [9.17, 15) is 0 Å². The minimum atomic E-state index is 0. The average molecular weight is 372 g/mol. The van der Waals surface area contributed by atoms with E-state index in [1.54, 1.807) is 0 Å². The molecule has 0 bridgehead atoms. The fourth-order valence-corrected chi connectivity index (χ4v) is 2.79. The number of aromatic amines is 1. The van der Waals surface area contributed by atoms with Gasteiger partial charge in [-0.15, -0.1) is 12.4 Å². The molecule has 4 nitrogen and oxygen atoms in total. The molecule has 0 aliphatic heterocycles. The number of para-hydroxylation sites is 1. The van der Waals surface area contributed by atoms with Gasteiger partial charge in [0.1, 0.15) is 12.4 Å². The molecule has 3 rings (SSSR count). The lowest BCUT2D eigenvalue weighted by atomic mass is 10.1. The number of hydrogen-bond donors (Lipinski definition) is 1. The predicted molar refractivity (Wildman–Crippen MR) is 112 cm³/mol. The third-order valence-corrected chi connectivity index (χ3v) is 4.38. The molecule has 138 valence electrons. The molecule has 26 heavy (non-hydrogen) atoms. The molecular formula is C21H26ClN3O. The zero-order chi connectivity index (χ0) is 17.5. The summed E-state index contributed by atoms with van der Waals surface area (Å²) in [6.45, 7) is 8.15. The minimum Gasteiger partial charge on any atom is -0.492 e. The largest absolute Gasteiger partial charge is 0.492 e. The van der Waals surface area contributed by atoms with Crippen molar-refractivity contribution >= 4 is 35.5 Å². The minimum absolute atomic E-state index is 0. The number of H-pyrrole nitrogens is 1. The lowest BCUT2D eigenvalue weighted by molar-refractivity contribution is 0.223. The van der Waals surface area contributed by atoms with E-state index in [0.29, 0.717) is 0 Å². The van der Waals surface area contributed by atoms with Gasteiger partial charge in [-0.3, -0.25) is 5.10 Å². The second kappa shape index (κ2) is 10.00. The van der Waals surface area contributed by atoms with Gasteiger partial charge in [0.15, 0.2) is 0 Å². The summed E-state index contributed by atoms with van der Waals surface area (Å²) in [6, 6.07) is 16.3. The molecule has 3 aromatic rings. The normalized spacial score (nSPS) is 11.2. The Kier molecular flexibility index (Phi) is 7.70. The quantitative estimate of drug-likeness (QED) is 0.613. The Labute approximate surface area is 161 Å². The Morgan fingerprint density at radius 1 is 1.00 bits per heavy atom. The van der Waals surface area contributed by atoms with E-state index in [-0.39, 0.29) is 12.4 Å². The van der Waals surface area contributed by atoms with E-state index in [4.69, 9.17) is 4.74 Å². The smallest absolute Gasteiger partial charge is 0.119 e. The number of nitrogens with one attached hydrogen (secondary N) is 1. The fourth-order valence-electron chi connectivity index (χ4n) is 2.79. The van der Waals surface area contributed by atoms with Crippen LogP contribution in [0.1, 0.15) is 25.1 Å². The molecule has 5 heteroatoms. The van der Waals surface area contributed by atoms with Crippen LogP contribution in [0, 0.1) is 0 Å². The van der Waals surface area contributed by atoms with Crippen LogP contribution < -0.4 is 4.74 Å². The number of ether oxygens (including phenoxy) is 1. The van der Waals surface area contributed by atoms with Gasteiger partial charge in [0.25, 0.3) is 0 Å². The van der Waals surface area contributed by atoms with Gasteiger partial charge in [-0.05, 0) is 42.9 Å². The number of halogens is 1. The molecule has 1 N–H and O–H groups in total. The first-order chi connectivity index (χ1) is 12.3. The van der Waals surface area contributed by atoms with Gasteiger partial charge in [-0.2, -0.15) is 5.10 Å². The number of aromatic nitrogens is 2. The van der Waals surface area contributed by atoms with Gasteiger partial charge >= 0.3 is 0 Å². The molecule has 0 saturated heterocycles. The summed E-state index contributed by atoms with van der Waals surface area (Å²) in [5.41, 5.74) is 3.14. The second-order valence-corrected chi connectivity index (χ2v) is 5.93. The topological polar surface area (TPSA) is 41.1 Å². The van der Waals surface area contributed by atoms with Crippen LogP contribution in [-0.2, 0) is 0 Å². The van der Waals surface area contributed by atoms with Crippen molar-refractivity contribution in [3.8, 4) is 5.75 Å². The van der Waals surface area contributed by atoms with Crippen LogP contribution in [0.4, 0.5) is 0 Å². The molecule has 0 atom stereocenters. The number of fused-ring (bicyclic) bond motifs is 1. The maximum Gasteiger partial charge on any atom is 0.119 e. The van der Waals surface area contributed by atoms with Gasteiger partial charge in [0.2, 0.25) is 0 Å². The number of likely N-dealkylation sites (N-methyl/N-ethyl adjacent to an activating group) is 1. The highest BCUT2D eigenvalue weighted by Crippen LogP contribution is 2.18. The van der Waals surface area contributed by atoms with Crippen molar-refractivity contribution in [3.05, 3.63) is 59.8 Å². The van der Waals surface area contributed by atoms with Gasteiger partial charge in [0, 0.05) is 11.9 Å². The number of rotatable bonds is 8. The summed E-state index contributed by atoms with van der Waals surface area (Å²) >= 11 is 0. The molecule has 0 unspecified atom stereocenters. The highest BCUT2D eigenvalue weighted by atomic mass is 35.5. The van der Waals surface area contributed by atoms with Crippen molar-refractivity contribution in [2.45, 2.75) is 13.8 Å². The maximum atomic E-state index is 5.82. The van der Waals surface area contributed by atoms with Crippen LogP contribution >= 0.6 is 12.4 Å². The van der Waals surface area contributed by atoms with Gasteiger partial charge in [-0.1, -0.05) is 50.3 Å². The lowest BCUT2D eigenvalue weighted by Gasteiger charge is -2.17. The van der Waals surface area contributed by atoms with Crippen LogP contribution in [0.5, 0.6) is 5.75 Å². The summed E-state index contributed by atoms with van der Waals surface area (Å²) < 4.78 is 5.82. The SMILES string of the molecule is CCN(CC)CCOc1ccc(C=Cc2n[nH]c3ccccc23)cc1.Cl. The van der Waals surface area contributed by atoms with Crippen molar-refractivity contribution in [1.29, 1.82) is 0 Å². The van der Waals surface area contributed by atoms with E-state index >= 15 is 0 Å². The zero-order valence-corrected chi connectivity index (χ0v) is 16.1. The fraction of sp³-hybridized carbons (Fsp3) is 0.286. The number of benzene rings is 2. The van der Waals surface area contributed by atoms with Crippen molar-refractivity contribution in [3.63, 3.8) is 0 Å². The first-order valence-electron chi connectivity index (χ1n) is 8.86. The predicted octanol–water partition coefficient (Wildman–Crippen LogP) is 4.88. The highest BCUT2D eigenvalue weighted by Gasteiger charge is 2.01. The van der Waals surface area contributed by atoms with E-state index in [2.05, 4.69) is 53.2 Å². The molecular weight excluding hydrogens is 346 g/mol. The average Bonchev–Trinajstić information content (AvgIpc) is 3.08. The van der Waals surface area contributed by atoms with Crippen LogP contribution in [-0.4, -0.2) is 41.3 Å². The maximum absolute atomic E-state index is 5.82. The Morgan fingerprint density at radius 2 is 1.73 bits per heavy atom. The Bertz CT molecular complexity index is 823. The molecule has 1 heterocycles. The summed E-state index contributed by atoms with van der Waals surface area (Å²) in [5.74, 6) is 0.912. The van der Waals surface area contributed by atoms with E-state index in [1.165, 1.54) is 0 Å². The summed E-state index contributed by atoms with van der Waals surface area (Å²) in [7, 11) is 0. The molecule has 0 amide bonds. The highest BCUT2D eigenvalue weighted by molar-refractivity contribution is 5.89. The van der Waals surface area contributed by atoms with Gasteiger partial charge in [0.05, 0.1) is 11.2 Å². The summed E-state index contributed by atoms with van der Waals surface area (Å²) in [4.78, 5) is 2.35. The van der Waals surface area contributed by atoms with Gasteiger partial charge < -0.3 is 9.64 Å². The third kappa shape index (κ3) is 5.10. The summed E-state index contributed by atoms with van der Waals surface area (Å²) in [5, 5.41) is 8.54. The monoisotopic (exact) mass is 371 g/mol. The second-order valence-electron chi connectivity index (χ2n) is 5.93. The van der Waals surface area contributed by atoms with Crippen molar-refractivity contribution in [1.82, 2.24) is 15.1 Å². The van der Waals surface area contributed by atoms with Crippen molar-refractivity contribution in [2.24, 2.45) is 0 Å². The number of hydrogen-bond acceptors (Lipinski definition) is 3. The molecule has 2 aromatic carbocycles. The van der Waals surface area contributed by atoms with E-state index < -0.39 is 0 Å². The molecule has 0 saturated carbocycles. The van der Waals surface area contributed by atoms with Crippen LogP contribution in [0.25, 0.3) is 23.1 Å². The molecule has 0 spiro atoms. The number of nitrogens with zero attached hydrogens (tertiary/aromatic N) is 2. The van der Waals surface area contributed by atoms with Crippen molar-refractivity contribution < 1.29 is 4.74 Å².